The maximum atomic E-state index is 14.0. The molecule has 1 N–H and O–H groups in total. The first-order valence-electron chi connectivity index (χ1n) is 5.66. The van der Waals surface area contributed by atoms with Gasteiger partial charge < -0.3 is 10.0 Å². The summed E-state index contributed by atoms with van der Waals surface area (Å²) in [7, 11) is -3.12. The van der Waals surface area contributed by atoms with Gasteiger partial charge in [-0.1, -0.05) is 0 Å². The molecule has 8 heteroatoms. The molecule has 0 amide bonds. The van der Waals surface area contributed by atoms with Crippen molar-refractivity contribution >= 4 is 21.6 Å². The van der Waals surface area contributed by atoms with Gasteiger partial charge in [0.2, 0.25) is 0 Å². The fourth-order valence-electron chi connectivity index (χ4n) is 2.11. The number of carbonyl (C=O) groups is 1. The third-order valence-electron chi connectivity index (χ3n) is 3.04. The highest BCUT2D eigenvalue weighted by atomic mass is 32.2. The average molecular weight is 288 g/mol. The third-order valence-corrected chi connectivity index (χ3v) is 4.84. The Labute approximate surface area is 109 Å². The van der Waals surface area contributed by atoms with Crippen LogP contribution < -0.4 is 4.90 Å². The monoisotopic (exact) mass is 288 g/mol. The van der Waals surface area contributed by atoms with Crippen LogP contribution in [0, 0.1) is 5.82 Å². The second-order valence-electron chi connectivity index (χ2n) is 4.46. The van der Waals surface area contributed by atoms with Crippen LogP contribution in [0.25, 0.3) is 0 Å². The van der Waals surface area contributed by atoms with E-state index in [0.717, 1.165) is 6.07 Å². The summed E-state index contributed by atoms with van der Waals surface area (Å²) in [6, 6.07) is 0.636. The smallest absolute Gasteiger partial charge is 0.338 e. The number of rotatable bonds is 2. The zero-order valence-electron chi connectivity index (χ0n) is 10.2. The largest absolute Gasteiger partial charge is 0.478 e. The van der Waals surface area contributed by atoms with Crippen molar-refractivity contribution in [3.8, 4) is 0 Å². The standard InChI is InChI=1S/C11H13FN2O4S/c1-7-6-19(17,18)5-4-14(7)10-9(12)8(11(15)16)2-3-13-10/h2-3,7H,4-6H2,1H3,(H,15,16). The van der Waals surface area contributed by atoms with Gasteiger partial charge in [-0.2, -0.15) is 0 Å². The van der Waals surface area contributed by atoms with Gasteiger partial charge in [-0.25, -0.2) is 22.6 Å². The van der Waals surface area contributed by atoms with Gasteiger partial charge in [0, 0.05) is 18.8 Å². The molecular formula is C11H13FN2O4S. The number of halogens is 1. The molecule has 1 aliphatic heterocycles. The summed E-state index contributed by atoms with van der Waals surface area (Å²) < 4.78 is 37.0. The van der Waals surface area contributed by atoms with Crippen LogP contribution in [-0.2, 0) is 9.84 Å². The lowest BCUT2D eigenvalue weighted by Gasteiger charge is -2.34. The number of hydrogen-bond acceptors (Lipinski definition) is 5. The van der Waals surface area contributed by atoms with Crippen molar-refractivity contribution < 1.29 is 22.7 Å². The van der Waals surface area contributed by atoms with Crippen molar-refractivity contribution in [3.63, 3.8) is 0 Å². The second kappa shape index (κ2) is 4.76. The van der Waals surface area contributed by atoms with Gasteiger partial charge in [0.25, 0.3) is 0 Å². The van der Waals surface area contributed by atoms with E-state index >= 15 is 0 Å². The Kier molecular flexibility index (Phi) is 3.44. The summed E-state index contributed by atoms with van der Waals surface area (Å²) in [6.07, 6.45) is 1.21. The van der Waals surface area contributed by atoms with Crippen LogP contribution in [0.3, 0.4) is 0 Å². The lowest BCUT2D eigenvalue weighted by atomic mass is 10.2. The van der Waals surface area contributed by atoms with Crippen LogP contribution in [-0.4, -0.2) is 48.6 Å². The summed E-state index contributed by atoms with van der Waals surface area (Å²) >= 11 is 0. The second-order valence-corrected chi connectivity index (χ2v) is 6.69. The number of carboxylic acids is 1. The van der Waals surface area contributed by atoms with E-state index in [0.29, 0.717) is 0 Å². The number of aromatic carboxylic acids is 1. The van der Waals surface area contributed by atoms with Crippen molar-refractivity contribution in [1.29, 1.82) is 0 Å². The first-order chi connectivity index (χ1) is 8.82. The number of nitrogens with zero attached hydrogens (tertiary/aromatic N) is 2. The molecule has 0 radical (unpaired) electrons. The molecule has 0 spiro atoms. The molecule has 1 aromatic rings. The molecule has 1 aromatic heterocycles. The molecule has 104 valence electrons. The van der Waals surface area contributed by atoms with Crippen LogP contribution in [0.5, 0.6) is 0 Å². The van der Waals surface area contributed by atoms with Crippen molar-refractivity contribution in [3.05, 3.63) is 23.6 Å². The summed E-state index contributed by atoms with van der Waals surface area (Å²) in [4.78, 5) is 16.2. The number of anilines is 1. The highest BCUT2D eigenvalue weighted by Gasteiger charge is 2.31. The molecular weight excluding hydrogens is 275 g/mol. The SMILES string of the molecule is CC1CS(=O)(=O)CCN1c1nccc(C(=O)O)c1F. The van der Waals surface area contributed by atoms with Gasteiger partial charge in [-0.05, 0) is 13.0 Å². The minimum atomic E-state index is -3.12. The fraction of sp³-hybridized carbons (Fsp3) is 0.455. The topological polar surface area (TPSA) is 87.6 Å². The zero-order chi connectivity index (χ0) is 14.2. The number of carboxylic acid groups (broad SMARTS) is 1. The van der Waals surface area contributed by atoms with Gasteiger partial charge in [0.05, 0.1) is 11.5 Å². The molecule has 6 nitrogen and oxygen atoms in total. The Hall–Kier alpha value is -1.70. The van der Waals surface area contributed by atoms with E-state index < -0.39 is 33.2 Å². The number of sulfone groups is 1. The Morgan fingerprint density at radius 2 is 2.26 bits per heavy atom. The molecule has 19 heavy (non-hydrogen) atoms. The van der Waals surface area contributed by atoms with Gasteiger partial charge in [-0.3, -0.25) is 0 Å². The van der Waals surface area contributed by atoms with Crippen molar-refractivity contribution in [2.45, 2.75) is 13.0 Å². The molecule has 1 saturated heterocycles. The molecule has 1 unspecified atom stereocenters. The molecule has 0 aromatic carbocycles. The third kappa shape index (κ3) is 2.67. The molecule has 1 aliphatic rings. The predicted molar refractivity (Wildman–Crippen MR) is 66.6 cm³/mol. The quantitative estimate of drug-likeness (QED) is 0.854. The van der Waals surface area contributed by atoms with Crippen LogP contribution in [0.2, 0.25) is 0 Å². The summed E-state index contributed by atoms with van der Waals surface area (Å²) in [5.41, 5.74) is -0.467. The minimum absolute atomic E-state index is 0.0875. The van der Waals surface area contributed by atoms with E-state index in [-0.39, 0.29) is 23.9 Å². The fourth-order valence-corrected chi connectivity index (χ4v) is 3.67. The van der Waals surface area contributed by atoms with Crippen molar-refractivity contribution in [2.24, 2.45) is 0 Å². The summed E-state index contributed by atoms with van der Waals surface area (Å²) in [6.45, 7) is 1.75. The van der Waals surface area contributed by atoms with Crippen molar-refractivity contribution in [1.82, 2.24) is 4.98 Å². The van der Waals surface area contributed by atoms with Gasteiger partial charge in [0.15, 0.2) is 21.5 Å². The zero-order valence-corrected chi connectivity index (χ0v) is 11.0. The van der Waals surface area contributed by atoms with E-state index in [4.69, 9.17) is 5.11 Å². The van der Waals surface area contributed by atoms with Crippen LogP contribution >= 0.6 is 0 Å². The Morgan fingerprint density at radius 1 is 1.58 bits per heavy atom. The minimum Gasteiger partial charge on any atom is -0.478 e. The molecule has 2 heterocycles. The number of pyridine rings is 1. The van der Waals surface area contributed by atoms with Gasteiger partial charge in [-0.15, -0.1) is 0 Å². The number of hydrogen-bond donors (Lipinski definition) is 1. The van der Waals surface area contributed by atoms with E-state index in [1.54, 1.807) is 6.92 Å². The highest BCUT2D eigenvalue weighted by Crippen LogP contribution is 2.24. The Balaban J connectivity index is 2.38. The van der Waals surface area contributed by atoms with Gasteiger partial charge >= 0.3 is 5.97 Å². The van der Waals surface area contributed by atoms with Crippen LogP contribution in [0.4, 0.5) is 10.2 Å². The van der Waals surface area contributed by atoms with Crippen LogP contribution in [0.15, 0.2) is 12.3 Å². The molecule has 1 fully saturated rings. The lowest BCUT2D eigenvalue weighted by Crippen LogP contribution is -2.47. The summed E-state index contributed by atoms with van der Waals surface area (Å²) in [5, 5.41) is 8.86. The maximum absolute atomic E-state index is 14.0. The number of aromatic nitrogens is 1. The Bertz CT molecular complexity index is 617. The lowest BCUT2D eigenvalue weighted by molar-refractivity contribution is 0.0691. The Morgan fingerprint density at radius 3 is 2.84 bits per heavy atom. The molecule has 0 aliphatic carbocycles. The molecule has 0 bridgehead atoms. The molecule has 0 saturated carbocycles. The van der Waals surface area contributed by atoms with E-state index in [9.17, 15) is 17.6 Å². The molecule has 1 atom stereocenters. The van der Waals surface area contributed by atoms with Crippen molar-refractivity contribution in [2.75, 3.05) is 23.0 Å². The van der Waals surface area contributed by atoms with E-state index in [1.165, 1.54) is 11.1 Å². The highest BCUT2D eigenvalue weighted by molar-refractivity contribution is 7.91. The van der Waals surface area contributed by atoms with Gasteiger partial charge in [0.1, 0.15) is 5.56 Å². The van der Waals surface area contributed by atoms with Crippen LogP contribution in [0.1, 0.15) is 17.3 Å². The molecule has 2 rings (SSSR count). The first kappa shape index (κ1) is 13.7. The maximum Gasteiger partial charge on any atom is 0.338 e. The summed E-state index contributed by atoms with van der Waals surface area (Å²) in [5.74, 6) is -2.59. The average Bonchev–Trinajstić information content (AvgIpc) is 2.29. The van der Waals surface area contributed by atoms with E-state index in [1.807, 2.05) is 0 Å². The normalized spacial score (nSPS) is 22.2. The first-order valence-corrected chi connectivity index (χ1v) is 7.49. The predicted octanol–water partition coefficient (Wildman–Crippen LogP) is 0.542. The van der Waals surface area contributed by atoms with E-state index in [2.05, 4.69) is 4.98 Å².